The second-order valence-electron chi connectivity index (χ2n) is 9.88. The first-order valence-corrected chi connectivity index (χ1v) is 13.2. The Labute approximate surface area is 228 Å². The van der Waals surface area contributed by atoms with E-state index in [9.17, 15) is 18.4 Å². The average Bonchev–Trinajstić information content (AvgIpc) is 3.27. The predicted octanol–water partition coefficient (Wildman–Crippen LogP) is 4.36. The van der Waals surface area contributed by atoms with Gasteiger partial charge in [0.15, 0.2) is 17.3 Å². The maximum atomic E-state index is 14.7. The van der Waals surface area contributed by atoms with Crippen LogP contribution in [0.5, 0.6) is 0 Å². The topological polar surface area (TPSA) is 140 Å². The number of likely N-dealkylation sites (tertiary alicyclic amines) is 1. The first-order valence-electron chi connectivity index (χ1n) is 12.8. The number of hydrogen-bond donors (Lipinski definition) is 3. The van der Waals surface area contributed by atoms with E-state index in [1.807, 2.05) is 0 Å². The summed E-state index contributed by atoms with van der Waals surface area (Å²) in [6.07, 6.45) is 5.10. The zero-order valence-electron chi connectivity index (χ0n) is 21.3. The van der Waals surface area contributed by atoms with Crippen LogP contribution in [0.25, 0.3) is 11.2 Å². The van der Waals surface area contributed by atoms with Crippen molar-refractivity contribution in [2.24, 2.45) is 11.7 Å². The Balaban J connectivity index is 1.48. The Kier molecular flexibility index (Phi) is 7.69. The quantitative estimate of drug-likeness (QED) is 0.402. The smallest absolute Gasteiger partial charge is 0.409 e. The molecule has 0 radical (unpaired) electrons. The zero-order chi connectivity index (χ0) is 27.7. The van der Waals surface area contributed by atoms with Crippen LogP contribution in [0.4, 0.5) is 31.2 Å². The third kappa shape index (κ3) is 5.68. The van der Waals surface area contributed by atoms with Crippen LogP contribution in [-0.2, 0) is 9.53 Å². The van der Waals surface area contributed by atoms with Gasteiger partial charge in [-0.15, -0.1) is 0 Å². The highest BCUT2D eigenvalue weighted by molar-refractivity contribution is 6.30. The van der Waals surface area contributed by atoms with Crippen molar-refractivity contribution >= 4 is 52.3 Å². The lowest BCUT2D eigenvalue weighted by atomic mass is 9.85. The van der Waals surface area contributed by atoms with E-state index in [1.54, 1.807) is 9.47 Å². The summed E-state index contributed by atoms with van der Waals surface area (Å²) >= 11 is 5.79. The summed E-state index contributed by atoms with van der Waals surface area (Å²) < 4.78 is 36.0. The number of nitrogens with one attached hydrogen (secondary N) is 2. The number of anilines is 3. The number of ether oxygens (including phenoxy) is 1. The van der Waals surface area contributed by atoms with E-state index < -0.39 is 17.3 Å². The number of halogens is 3. The van der Waals surface area contributed by atoms with Crippen molar-refractivity contribution in [1.82, 2.24) is 24.4 Å². The van der Waals surface area contributed by atoms with E-state index in [-0.39, 0.29) is 41.0 Å². The Bertz CT molecular complexity index is 1370. The zero-order valence-corrected chi connectivity index (χ0v) is 22.0. The molecule has 3 aromatic rings. The molecule has 1 aliphatic heterocycles. The minimum absolute atomic E-state index is 0.0658. The number of fused-ring (bicyclic) bond motifs is 1. The molecule has 208 valence electrons. The first kappa shape index (κ1) is 26.9. The molecule has 2 aliphatic rings. The standard InChI is InChI=1S/C25H29ClF2N8O3/c1-39-25(38)35-8-2-3-15(12-35)31-23-30-11-19-22(34-23)36(16-6-4-13(5-7-16)21(29)37)24(32-19)33-20-17(27)9-14(26)10-18(20)28/h9-11,13,15-16H,2-8,12H2,1H3,(H2,29,37)(H,32,33)(H,30,31,34)/t13-,15?,16+. The third-order valence-corrected chi connectivity index (χ3v) is 7.55. The summed E-state index contributed by atoms with van der Waals surface area (Å²) in [6.45, 7) is 1.05. The van der Waals surface area contributed by atoms with E-state index in [2.05, 4.69) is 20.6 Å². The summed E-state index contributed by atoms with van der Waals surface area (Å²) in [4.78, 5) is 39.0. The maximum Gasteiger partial charge on any atom is 0.409 e. The van der Waals surface area contributed by atoms with Gasteiger partial charge in [0.2, 0.25) is 17.8 Å². The number of amides is 2. The van der Waals surface area contributed by atoms with Crippen LogP contribution in [0.2, 0.25) is 5.02 Å². The van der Waals surface area contributed by atoms with E-state index in [1.165, 1.54) is 13.3 Å². The second kappa shape index (κ2) is 11.2. The molecule has 14 heteroatoms. The molecule has 0 bridgehead atoms. The number of methoxy groups -OCH3 is 1. The Hall–Kier alpha value is -3.74. The molecule has 39 heavy (non-hydrogen) atoms. The van der Waals surface area contributed by atoms with Crippen molar-refractivity contribution < 1.29 is 23.1 Å². The molecular weight excluding hydrogens is 534 g/mol. The SMILES string of the molecule is COC(=O)N1CCCC(Nc2ncc3nc(Nc4c(F)cc(Cl)cc4F)n([C@H]4CC[C@@H](C(N)=O)CC4)c3n2)C1. The Morgan fingerprint density at radius 2 is 1.85 bits per heavy atom. The van der Waals surface area contributed by atoms with E-state index in [0.717, 1.165) is 25.0 Å². The molecule has 0 spiro atoms. The fraction of sp³-hybridized carbons (Fsp3) is 0.480. The van der Waals surface area contributed by atoms with Crippen LogP contribution in [0.15, 0.2) is 18.3 Å². The van der Waals surface area contributed by atoms with Gasteiger partial charge in [-0.25, -0.2) is 23.5 Å². The Morgan fingerprint density at radius 1 is 1.13 bits per heavy atom. The number of aromatic nitrogens is 4. The van der Waals surface area contributed by atoms with Gasteiger partial charge in [0.05, 0.1) is 13.3 Å². The average molecular weight is 563 g/mol. The highest BCUT2D eigenvalue weighted by Crippen LogP contribution is 2.37. The molecular formula is C25H29ClF2N8O3. The number of carbonyl (C=O) groups excluding carboxylic acids is 2. The summed E-state index contributed by atoms with van der Waals surface area (Å²) in [7, 11) is 1.35. The number of primary amides is 1. The van der Waals surface area contributed by atoms with Crippen molar-refractivity contribution in [3.63, 3.8) is 0 Å². The highest BCUT2D eigenvalue weighted by Gasteiger charge is 2.30. The molecule has 3 heterocycles. The number of benzene rings is 1. The molecule has 5 rings (SSSR count). The van der Waals surface area contributed by atoms with Crippen LogP contribution in [0.3, 0.4) is 0 Å². The summed E-state index contributed by atoms with van der Waals surface area (Å²) in [5.41, 5.74) is 6.02. The third-order valence-electron chi connectivity index (χ3n) is 7.33. The van der Waals surface area contributed by atoms with Gasteiger partial charge < -0.3 is 26.0 Å². The molecule has 1 aromatic carbocycles. The van der Waals surface area contributed by atoms with Gasteiger partial charge in [-0.05, 0) is 50.7 Å². The van der Waals surface area contributed by atoms with Gasteiger partial charge in [-0.2, -0.15) is 4.98 Å². The minimum atomic E-state index is -0.864. The Morgan fingerprint density at radius 3 is 2.51 bits per heavy atom. The van der Waals surface area contributed by atoms with Gasteiger partial charge >= 0.3 is 6.09 Å². The van der Waals surface area contributed by atoms with Crippen molar-refractivity contribution in [2.45, 2.75) is 50.6 Å². The second-order valence-corrected chi connectivity index (χ2v) is 10.3. The molecule has 1 aliphatic carbocycles. The molecule has 1 saturated heterocycles. The minimum Gasteiger partial charge on any atom is -0.453 e. The van der Waals surface area contributed by atoms with Crippen LogP contribution in [0, 0.1) is 17.6 Å². The summed E-state index contributed by atoms with van der Waals surface area (Å²) in [5, 5.41) is 6.01. The maximum absolute atomic E-state index is 14.7. The van der Waals surface area contributed by atoms with Gasteiger partial charge in [0, 0.05) is 36.1 Å². The van der Waals surface area contributed by atoms with Gasteiger partial charge in [-0.3, -0.25) is 9.36 Å². The highest BCUT2D eigenvalue weighted by atomic mass is 35.5. The molecule has 11 nitrogen and oxygen atoms in total. The van der Waals surface area contributed by atoms with Crippen molar-refractivity contribution in [3.05, 3.63) is 35.0 Å². The van der Waals surface area contributed by atoms with Crippen molar-refractivity contribution in [3.8, 4) is 0 Å². The van der Waals surface area contributed by atoms with Crippen LogP contribution in [0.1, 0.15) is 44.6 Å². The molecule has 1 unspecified atom stereocenters. The first-order chi connectivity index (χ1) is 18.7. The fourth-order valence-corrected chi connectivity index (χ4v) is 5.55. The monoisotopic (exact) mass is 562 g/mol. The molecule has 4 N–H and O–H groups in total. The molecule has 1 atom stereocenters. The van der Waals surface area contributed by atoms with Crippen LogP contribution < -0.4 is 16.4 Å². The summed E-state index contributed by atoms with van der Waals surface area (Å²) in [6, 6.07) is 1.79. The van der Waals surface area contributed by atoms with Crippen LogP contribution in [-0.4, -0.2) is 62.7 Å². The van der Waals surface area contributed by atoms with Crippen molar-refractivity contribution in [1.29, 1.82) is 0 Å². The molecule has 2 fully saturated rings. The number of nitrogens with two attached hydrogens (primary N) is 1. The van der Waals surface area contributed by atoms with E-state index in [0.29, 0.717) is 55.9 Å². The lowest BCUT2D eigenvalue weighted by Gasteiger charge is -2.32. The fourth-order valence-electron chi connectivity index (χ4n) is 5.36. The summed E-state index contributed by atoms with van der Waals surface area (Å²) in [5.74, 6) is -1.77. The number of piperidine rings is 1. The molecule has 1 saturated carbocycles. The van der Waals surface area contributed by atoms with Gasteiger partial charge in [-0.1, -0.05) is 11.6 Å². The molecule has 2 amide bonds. The normalized spacial score (nSPS) is 21.5. The van der Waals surface area contributed by atoms with Crippen molar-refractivity contribution in [2.75, 3.05) is 30.8 Å². The largest absolute Gasteiger partial charge is 0.453 e. The number of imidazole rings is 1. The number of nitrogens with zero attached hydrogens (tertiary/aromatic N) is 5. The number of hydrogen-bond acceptors (Lipinski definition) is 8. The van der Waals surface area contributed by atoms with E-state index >= 15 is 0 Å². The van der Waals surface area contributed by atoms with Gasteiger partial charge in [0.1, 0.15) is 11.2 Å². The number of rotatable bonds is 6. The predicted molar refractivity (Wildman–Crippen MR) is 141 cm³/mol. The van der Waals surface area contributed by atoms with Crippen LogP contribution >= 0.6 is 11.6 Å². The van der Waals surface area contributed by atoms with E-state index in [4.69, 9.17) is 27.1 Å². The lowest BCUT2D eigenvalue weighted by Crippen LogP contribution is -2.45. The molecule has 2 aromatic heterocycles. The van der Waals surface area contributed by atoms with Gasteiger partial charge in [0.25, 0.3) is 0 Å². The lowest BCUT2D eigenvalue weighted by molar-refractivity contribution is -0.122. The number of carbonyl (C=O) groups is 2.